The van der Waals surface area contributed by atoms with Crippen LogP contribution in [-0.2, 0) is 14.3 Å². The van der Waals surface area contributed by atoms with Gasteiger partial charge in [0.25, 0.3) is 0 Å². The van der Waals surface area contributed by atoms with Gasteiger partial charge >= 0.3 is 5.97 Å². The van der Waals surface area contributed by atoms with Gasteiger partial charge in [0.15, 0.2) is 0 Å². The zero-order valence-corrected chi connectivity index (χ0v) is 59.5. The van der Waals surface area contributed by atoms with Crippen LogP contribution in [0.3, 0.4) is 0 Å². The van der Waals surface area contributed by atoms with Crippen LogP contribution in [0.5, 0.6) is 0 Å². The number of rotatable bonds is 77. The second-order valence-corrected chi connectivity index (χ2v) is 28.1. The van der Waals surface area contributed by atoms with Gasteiger partial charge in [0.1, 0.15) is 0 Å². The molecule has 0 aromatic carbocycles. The lowest BCUT2D eigenvalue weighted by atomic mass is 10.0. The lowest BCUT2D eigenvalue weighted by Crippen LogP contribution is -2.45. The molecule has 0 fully saturated rings. The minimum atomic E-state index is -0.663. The number of carbonyl (C=O) groups is 2. The van der Waals surface area contributed by atoms with Crippen LogP contribution >= 0.6 is 0 Å². The molecule has 0 aliphatic heterocycles. The van der Waals surface area contributed by atoms with Gasteiger partial charge in [-0.25, -0.2) is 0 Å². The second kappa shape index (κ2) is 77.1. The topological polar surface area (TPSA) is 95.9 Å². The highest BCUT2D eigenvalue weighted by Gasteiger charge is 2.20. The van der Waals surface area contributed by atoms with E-state index < -0.39 is 12.1 Å². The van der Waals surface area contributed by atoms with Crippen LogP contribution in [0.4, 0.5) is 0 Å². The molecular formula is C81H159NO5. The third-order valence-electron chi connectivity index (χ3n) is 19.3. The Morgan fingerprint density at radius 3 is 0.816 bits per heavy atom. The van der Waals surface area contributed by atoms with Crippen molar-refractivity contribution in [3.05, 3.63) is 12.2 Å². The van der Waals surface area contributed by atoms with E-state index in [2.05, 4.69) is 31.3 Å². The zero-order valence-electron chi connectivity index (χ0n) is 59.5. The van der Waals surface area contributed by atoms with Crippen LogP contribution in [-0.4, -0.2) is 47.4 Å². The van der Waals surface area contributed by atoms with Crippen molar-refractivity contribution in [2.45, 2.75) is 482 Å². The van der Waals surface area contributed by atoms with E-state index in [1.54, 1.807) is 0 Å². The Bertz CT molecular complexity index is 1320. The van der Waals surface area contributed by atoms with Crippen molar-refractivity contribution < 1.29 is 24.5 Å². The number of amides is 1. The maximum atomic E-state index is 12.6. The highest BCUT2D eigenvalue weighted by molar-refractivity contribution is 5.76. The van der Waals surface area contributed by atoms with Crippen LogP contribution in [0.2, 0.25) is 0 Å². The molecule has 87 heavy (non-hydrogen) atoms. The number of aliphatic hydroxyl groups excluding tert-OH is 2. The van der Waals surface area contributed by atoms with Crippen molar-refractivity contribution in [3.8, 4) is 0 Å². The van der Waals surface area contributed by atoms with Gasteiger partial charge < -0.3 is 20.3 Å². The Labute approximate surface area is 546 Å². The van der Waals surface area contributed by atoms with E-state index in [1.807, 2.05) is 0 Å². The molecule has 0 rings (SSSR count). The number of aliphatic hydroxyl groups is 2. The second-order valence-electron chi connectivity index (χ2n) is 28.1. The van der Waals surface area contributed by atoms with Crippen molar-refractivity contribution in [2.75, 3.05) is 13.2 Å². The van der Waals surface area contributed by atoms with E-state index >= 15 is 0 Å². The fourth-order valence-corrected chi connectivity index (χ4v) is 13.2. The Kier molecular flexibility index (Phi) is 75.8. The summed E-state index contributed by atoms with van der Waals surface area (Å²) >= 11 is 0. The molecule has 3 N–H and O–H groups in total. The van der Waals surface area contributed by atoms with Crippen molar-refractivity contribution in [2.24, 2.45) is 0 Å². The molecule has 518 valence electrons. The summed E-state index contributed by atoms with van der Waals surface area (Å²) in [5, 5.41) is 23.5. The van der Waals surface area contributed by atoms with Crippen LogP contribution in [0.15, 0.2) is 12.2 Å². The van der Waals surface area contributed by atoms with Gasteiger partial charge in [0.05, 0.1) is 25.4 Å². The van der Waals surface area contributed by atoms with E-state index in [-0.39, 0.29) is 18.5 Å². The summed E-state index contributed by atoms with van der Waals surface area (Å²) in [6.45, 7) is 5.02. The summed E-state index contributed by atoms with van der Waals surface area (Å²) in [5.74, 6) is -0.00260. The molecule has 0 spiro atoms. The number of esters is 1. The van der Waals surface area contributed by atoms with Crippen molar-refractivity contribution in [1.29, 1.82) is 0 Å². The third-order valence-corrected chi connectivity index (χ3v) is 19.3. The van der Waals surface area contributed by atoms with Crippen LogP contribution in [0.1, 0.15) is 470 Å². The third kappa shape index (κ3) is 73.5. The van der Waals surface area contributed by atoms with E-state index in [1.165, 1.54) is 398 Å². The first-order valence-electron chi connectivity index (χ1n) is 40.4. The van der Waals surface area contributed by atoms with Crippen molar-refractivity contribution in [1.82, 2.24) is 5.32 Å². The summed E-state index contributed by atoms with van der Waals surface area (Å²) < 4.78 is 5.51. The molecule has 2 atom stereocenters. The average molecular weight is 1230 g/mol. The molecule has 0 bridgehead atoms. The van der Waals surface area contributed by atoms with E-state index in [0.29, 0.717) is 25.9 Å². The lowest BCUT2D eigenvalue weighted by molar-refractivity contribution is -0.143. The number of hydrogen-bond donors (Lipinski definition) is 3. The molecule has 0 saturated carbocycles. The highest BCUT2D eigenvalue weighted by Crippen LogP contribution is 2.20. The van der Waals surface area contributed by atoms with E-state index in [9.17, 15) is 19.8 Å². The maximum absolute atomic E-state index is 12.6. The fraction of sp³-hybridized carbons (Fsp3) is 0.951. The van der Waals surface area contributed by atoms with Crippen LogP contribution < -0.4 is 5.32 Å². The molecule has 0 aromatic heterocycles. The Balaban J connectivity index is 3.34. The molecule has 0 aliphatic carbocycles. The number of hydrogen-bond acceptors (Lipinski definition) is 5. The summed E-state index contributed by atoms with van der Waals surface area (Å²) in [5.41, 5.74) is 0. The number of nitrogens with one attached hydrogen (secondary N) is 1. The molecule has 1 amide bonds. The summed E-state index contributed by atoms with van der Waals surface area (Å²) in [4.78, 5) is 24.7. The standard InChI is InChI=1S/C81H159NO5/c1-3-5-7-9-11-13-15-17-19-21-22-36-39-42-45-49-53-57-61-65-69-73-79(84)78(77-83)82-80(85)74-70-66-62-58-54-50-46-43-40-37-34-32-30-28-26-24-23-25-27-29-31-33-35-38-41-44-48-52-56-60-64-68-72-76-87-81(86)75-71-67-63-59-55-51-47-20-18-16-14-12-10-8-6-4-2/h27,29,78-79,83-84H,3-26,28,30-77H2,1-2H3,(H,82,85)/b29-27-. The molecule has 0 aromatic rings. The van der Waals surface area contributed by atoms with Gasteiger partial charge in [-0.05, 0) is 51.4 Å². The Morgan fingerprint density at radius 2 is 0.540 bits per heavy atom. The summed E-state index contributed by atoms with van der Waals surface area (Å²) in [6.07, 6.45) is 97.4. The molecule has 0 saturated heterocycles. The maximum Gasteiger partial charge on any atom is 0.305 e. The smallest absolute Gasteiger partial charge is 0.305 e. The van der Waals surface area contributed by atoms with Gasteiger partial charge in [-0.1, -0.05) is 418 Å². The largest absolute Gasteiger partial charge is 0.466 e. The van der Waals surface area contributed by atoms with Gasteiger partial charge in [0, 0.05) is 12.8 Å². The monoisotopic (exact) mass is 1230 g/mol. The Morgan fingerprint density at radius 1 is 0.310 bits per heavy atom. The zero-order chi connectivity index (χ0) is 62.8. The number of ether oxygens (including phenoxy) is 1. The van der Waals surface area contributed by atoms with Crippen molar-refractivity contribution >= 4 is 11.9 Å². The van der Waals surface area contributed by atoms with Gasteiger partial charge in [-0.3, -0.25) is 9.59 Å². The normalized spacial score (nSPS) is 12.5. The summed E-state index contributed by atoms with van der Waals surface area (Å²) in [6, 6.07) is -0.540. The van der Waals surface area contributed by atoms with E-state index in [0.717, 1.165) is 38.5 Å². The van der Waals surface area contributed by atoms with Gasteiger partial charge in [0.2, 0.25) is 5.91 Å². The molecular weight excluding hydrogens is 1070 g/mol. The number of unbranched alkanes of at least 4 members (excludes halogenated alkanes) is 64. The quantitative estimate of drug-likeness (QED) is 0.0320. The minimum absolute atomic E-state index is 0.0235. The highest BCUT2D eigenvalue weighted by atomic mass is 16.5. The first-order chi connectivity index (χ1) is 43.0. The molecule has 0 radical (unpaired) electrons. The fourth-order valence-electron chi connectivity index (χ4n) is 13.2. The van der Waals surface area contributed by atoms with Gasteiger partial charge in [-0.2, -0.15) is 0 Å². The van der Waals surface area contributed by atoms with Crippen LogP contribution in [0.25, 0.3) is 0 Å². The average Bonchev–Trinajstić information content (AvgIpc) is 3.56. The molecule has 6 heteroatoms. The first kappa shape index (κ1) is 85.6. The van der Waals surface area contributed by atoms with Crippen LogP contribution in [0, 0.1) is 0 Å². The molecule has 2 unspecified atom stereocenters. The summed E-state index contributed by atoms with van der Waals surface area (Å²) in [7, 11) is 0. The Hall–Kier alpha value is -1.40. The van der Waals surface area contributed by atoms with Crippen molar-refractivity contribution in [3.63, 3.8) is 0 Å². The SMILES string of the molecule is CCCCCCCCCCCCCCCCCCCCCCCC(O)C(CO)NC(=O)CCCCCCCCCCCCCCCCCCC/C=C\CCCCCCCCCCCCCCOC(=O)CCCCCCCCCCCCCCCCCC. The van der Waals surface area contributed by atoms with E-state index in [4.69, 9.17) is 4.74 Å². The molecule has 6 nitrogen and oxygen atoms in total. The predicted octanol–water partition coefficient (Wildman–Crippen LogP) is 26.7. The first-order valence-corrected chi connectivity index (χ1v) is 40.4. The lowest BCUT2D eigenvalue weighted by Gasteiger charge is -2.22. The minimum Gasteiger partial charge on any atom is -0.466 e. The number of carbonyl (C=O) groups excluding carboxylic acids is 2. The number of allylic oxidation sites excluding steroid dienone is 2. The predicted molar refractivity (Wildman–Crippen MR) is 384 cm³/mol. The van der Waals surface area contributed by atoms with Gasteiger partial charge in [-0.15, -0.1) is 0 Å². The molecule has 0 aliphatic rings. The molecule has 0 heterocycles.